The Morgan fingerprint density at radius 2 is 1.57 bits per heavy atom. The standard InChI is InChI=1S/C24H20BrNO2/c1-16-7-9-17(10-8-16)15-26-22(19-11-13-20(25)14-12-19)21(23(27)24(26)28)18-5-3-2-4-6-18/h2-14,22,27H,15H2,1H3/t22-/m1/s1. The first-order valence-corrected chi connectivity index (χ1v) is 9.94. The second-order valence-electron chi connectivity index (χ2n) is 7.00. The summed E-state index contributed by atoms with van der Waals surface area (Å²) in [6, 6.07) is 25.3. The SMILES string of the molecule is Cc1ccc(CN2C(=O)C(O)=C(c3ccccc3)[C@H]2c2ccc(Br)cc2)cc1. The Labute approximate surface area is 173 Å². The first kappa shape index (κ1) is 18.5. The third-order valence-electron chi connectivity index (χ3n) is 5.05. The summed E-state index contributed by atoms with van der Waals surface area (Å²) in [7, 11) is 0. The van der Waals surface area contributed by atoms with Gasteiger partial charge in [-0.05, 0) is 35.7 Å². The van der Waals surface area contributed by atoms with E-state index in [0.29, 0.717) is 12.1 Å². The molecule has 3 nitrogen and oxygen atoms in total. The number of aryl methyl sites for hydroxylation is 1. The average Bonchev–Trinajstić information content (AvgIpc) is 2.96. The average molecular weight is 434 g/mol. The van der Waals surface area contributed by atoms with Crippen LogP contribution in [0.1, 0.15) is 28.3 Å². The van der Waals surface area contributed by atoms with Crippen molar-refractivity contribution in [2.75, 3.05) is 0 Å². The van der Waals surface area contributed by atoms with Crippen LogP contribution >= 0.6 is 15.9 Å². The van der Waals surface area contributed by atoms with E-state index in [4.69, 9.17) is 0 Å². The Kier molecular flexibility index (Phi) is 5.05. The van der Waals surface area contributed by atoms with E-state index < -0.39 is 0 Å². The highest BCUT2D eigenvalue weighted by Gasteiger charge is 2.40. The van der Waals surface area contributed by atoms with E-state index in [0.717, 1.165) is 21.2 Å². The summed E-state index contributed by atoms with van der Waals surface area (Å²) >= 11 is 3.47. The lowest BCUT2D eigenvalue weighted by Gasteiger charge is -2.27. The minimum atomic E-state index is -0.343. The van der Waals surface area contributed by atoms with Gasteiger partial charge in [0, 0.05) is 16.6 Å². The van der Waals surface area contributed by atoms with Gasteiger partial charge >= 0.3 is 0 Å². The van der Waals surface area contributed by atoms with Crippen LogP contribution in [-0.4, -0.2) is 15.9 Å². The largest absolute Gasteiger partial charge is 0.503 e. The Hall–Kier alpha value is -2.85. The maximum Gasteiger partial charge on any atom is 0.290 e. The number of aliphatic hydroxyl groups is 1. The molecular formula is C24H20BrNO2. The van der Waals surface area contributed by atoms with Gasteiger partial charge in [0.05, 0.1) is 6.04 Å². The summed E-state index contributed by atoms with van der Waals surface area (Å²) in [5.41, 5.74) is 4.68. The van der Waals surface area contributed by atoms with Gasteiger partial charge in [-0.3, -0.25) is 4.79 Å². The topological polar surface area (TPSA) is 40.5 Å². The monoisotopic (exact) mass is 433 g/mol. The van der Waals surface area contributed by atoms with Crippen molar-refractivity contribution in [3.63, 3.8) is 0 Å². The molecule has 0 bridgehead atoms. The number of aliphatic hydroxyl groups excluding tert-OH is 1. The molecule has 3 aromatic carbocycles. The number of benzene rings is 3. The lowest BCUT2D eigenvalue weighted by atomic mass is 9.93. The van der Waals surface area contributed by atoms with E-state index in [2.05, 4.69) is 15.9 Å². The van der Waals surface area contributed by atoms with Gasteiger partial charge in [0.25, 0.3) is 5.91 Å². The highest BCUT2D eigenvalue weighted by atomic mass is 79.9. The van der Waals surface area contributed by atoms with Crippen molar-refractivity contribution >= 4 is 27.4 Å². The number of amides is 1. The zero-order valence-corrected chi connectivity index (χ0v) is 17.1. The zero-order chi connectivity index (χ0) is 19.7. The summed E-state index contributed by atoms with van der Waals surface area (Å²) < 4.78 is 0.972. The maximum atomic E-state index is 13.0. The zero-order valence-electron chi connectivity index (χ0n) is 15.5. The third kappa shape index (κ3) is 3.48. The van der Waals surface area contributed by atoms with Crippen LogP contribution in [-0.2, 0) is 11.3 Å². The van der Waals surface area contributed by atoms with E-state index in [1.807, 2.05) is 85.8 Å². The summed E-state index contributed by atoms with van der Waals surface area (Å²) in [6.07, 6.45) is 0. The van der Waals surface area contributed by atoms with E-state index >= 15 is 0 Å². The minimum Gasteiger partial charge on any atom is -0.503 e. The highest BCUT2D eigenvalue weighted by molar-refractivity contribution is 9.10. The Balaban J connectivity index is 1.80. The summed E-state index contributed by atoms with van der Waals surface area (Å²) in [4.78, 5) is 14.8. The number of carbonyl (C=O) groups excluding carboxylic acids is 1. The van der Waals surface area contributed by atoms with Gasteiger partial charge < -0.3 is 10.0 Å². The molecule has 1 amide bonds. The summed E-state index contributed by atoms with van der Waals surface area (Å²) in [6.45, 7) is 2.47. The molecule has 140 valence electrons. The first-order valence-electron chi connectivity index (χ1n) is 9.15. The van der Waals surface area contributed by atoms with Crippen molar-refractivity contribution in [1.82, 2.24) is 4.90 Å². The number of hydrogen-bond acceptors (Lipinski definition) is 2. The molecule has 0 aromatic heterocycles. The van der Waals surface area contributed by atoms with Crippen LogP contribution < -0.4 is 0 Å². The second kappa shape index (κ2) is 7.64. The van der Waals surface area contributed by atoms with Crippen LogP contribution in [0.3, 0.4) is 0 Å². The van der Waals surface area contributed by atoms with Crippen molar-refractivity contribution in [3.05, 3.63) is 111 Å². The predicted octanol–water partition coefficient (Wildman–Crippen LogP) is 5.81. The third-order valence-corrected chi connectivity index (χ3v) is 5.58. The van der Waals surface area contributed by atoms with E-state index in [1.165, 1.54) is 5.56 Å². The van der Waals surface area contributed by atoms with Crippen molar-refractivity contribution in [2.24, 2.45) is 0 Å². The predicted molar refractivity (Wildman–Crippen MR) is 115 cm³/mol. The van der Waals surface area contributed by atoms with E-state index in [1.54, 1.807) is 4.90 Å². The smallest absolute Gasteiger partial charge is 0.290 e. The van der Waals surface area contributed by atoms with Crippen molar-refractivity contribution in [2.45, 2.75) is 19.5 Å². The molecule has 4 rings (SSSR count). The van der Waals surface area contributed by atoms with Gasteiger partial charge in [0.1, 0.15) is 0 Å². The van der Waals surface area contributed by atoms with Crippen LogP contribution in [0.2, 0.25) is 0 Å². The van der Waals surface area contributed by atoms with E-state index in [-0.39, 0.29) is 17.7 Å². The number of nitrogens with zero attached hydrogens (tertiary/aromatic N) is 1. The Bertz CT molecular complexity index is 1020. The molecule has 0 saturated heterocycles. The molecule has 1 aliphatic rings. The van der Waals surface area contributed by atoms with Crippen LogP contribution in [0.15, 0.2) is 89.1 Å². The minimum absolute atomic E-state index is 0.175. The fourth-order valence-corrected chi connectivity index (χ4v) is 3.88. The molecule has 0 radical (unpaired) electrons. The molecule has 1 N–H and O–H groups in total. The Morgan fingerprint density at radius 3 is 2.21 bits per heavy atom. The molecule has 0 fully saturated rings. The molecule has 3 aromatic rings. The molecule has 0 spiro atoms. The first-order chi connectivity index (χ1) is 13.5. The molecule has 4 heteroatoms. The van der Waals surface area contributed by atoms with Crippen molar-refractivity contribution < 1.29 is 9.90 Å². The summed E-state index contributed by atoms with van der Waals surface area (Å²) in [5, 5.41) is 10.8. The molecule has 1 aliphatic heterocycles. The molecule has 1 heterocycles. The van der Waals surface area contributed by atoms with Crippen LogP contribution in [0, 0.1) is 6.92 Å². The van der Waals surface area contributed by atoms with Crippen LogP contribution in [0.4, 0.5) is 0 Å². The van der Waals surface area contributed by atoms with Gasteiger partial charge in [-0.2, -0.15) is 0 Å². The quantitative estimate of drug-likeness (QED) is 0.563. The second-order valence-corrected chi connectivity index (χ2v) is 7.92. The van der Waals surface area contributed by atoms with Gasteiger partial charge in [-0.25, -0.2) is 0 Å². The molecule has 1 atom stereocenters. The number of hydrogen-bond donors (Lipinski definition) is 1. The molecule has 28 heavy (non-hydrogen) atoms. The number of halogens is 1. The van der Waals surface area contributed by atoms with Crippen LogP contribution in [0.5, 0.6) is 0 Å². The van der Waals surface area contributed by atoms with E-state index in [9.17, 15) is 9.90 Å². The van der Waals surface area contributed by atoms with Crippen molar-refractivity contribution in [3.8, 4) is 0 Å². The molecular weight excluding hydrogens is 414 g/mol. The number of rotatable bonds is 4. The highest BCUT2D eigenvalue weighted by Crippen LogP contribution is 2.43. The Morgan fingerprint density at radius 1 is 0.929 bits per heavy atom. The van der Waals surface area contributed by atoms with Gasteiger partial charge in [0.2, 0.25) is 0 Å². The normalized spacial score (nSPS) is 16.7. The maximum absolute atomic E-state index is 13.0. The van der Waals surface area contributed by atoms with Crippen molar-refractivity contribution in [1.29, 1.82) is 0 Å². The fourth-order valence-electron chi connectivity index (χ4n) is 3.61. The number of carbonyl (C=O) groups is 1. The van der Waals surface area contributed by atoms with Gasteiger partial charge in [-0.15, -0.1) is 0 Å². The van der Waals surface area contributed by atoms with Gasteiger partial charge in [-0.1, -0.05) is 88.2 Å². The fraction of sp³-hybridized carbons (Fsp3) is 0.125. The lowest BCUT2D eigenvalue weighted by molar-refractivity contribution is -0.130. The molecule has 0 saturated carbocycles. The van der Waals surface area contributed by atoms with Gasteiger partial charge in [0.15, 0.2) is 5.76 Å². The summed E-state index contributed by atoms with van der Waals surface area (Å²) in [5.74, 6) is -0.515. The molecule has 0 aliphatic carbocycles. The van der Waals surface area contributed by atoms with Crippen LogP contribution in [0.25, 0.3) is 5.57 Å². The molecule has 0 unspecified atom stereocenters. The lowest BCUT2D eigenvalue weighted by Crippen LogP contribution is -2.29.